The van der Waals surface area contributed by atoms with E-state index in [1.165, 1.54) is 0 Å². The quantitative estimate of drug-likeness (QED) is 0.890. The number of nitrogens with one attached hydrogen (secondary N) is 2. The number of benzene rings is 1. The zero-order valence-electron chi connectivity index (χ0n) is 12.9. The lowest BCUT2D eigenvalue weighted by Crippen LogP contribution is -2.52. The Hall–Kier alpha value is -1.56. The van der Waals surface area contributed by atoms with E-state index in [0.29, 0.717) is 17.9 Å². The normalized spacial score (nSPS) is 16.4. The van der Waals surface area contributed by atoms with Crippen molar-refractivity contribution in [3.8, 4) is 0 Å². The van der Waals surface area contributed by atoms with Crippen molar-refractivity contribution in [2.24, 2.45) is 0 Å². The van der Waals surface area contributed by atoms with Gasteiger partial charge in [0.2, 0.25) is 0 Å². The average molecular weight is 355 g/mol. The fraction of sp³-hybridized carbons (Fsp3) is 0.375. The number of anilines is 1. The lowest BCUT2D eigenvalue weighted by atomic mass is 9.87. The smallest absolute Gasteiger partial charge is 0.252 e. The molecule has 0 aliphatic carbocycles. The number of carbonyl (C=O) groups is 1. The molecule has 0 unspecified atom stereocenters. The fourth-order valence-corrected chi connectivity index (χ4v) is 3.08. The van der Waals surface area contributed by atoms with Crippen LogP contribution in [0.25, 0.3) is 0 Å². The van der Waals surface area contributed by atoms with Gasteiger partial charge in [0.05, 0.1) is 0 Å². The highest BCUT2D eigenvalue weighted by atomic mass is 35.5. The van der Waals surface area contributed by atoms with Gasteiger partial charge in [-0.05, 0) is 56.6 Å². The number of rotatable bonds is 3. The summed E-state index contributed by atoms with van der Waals surface area (Å²) in [6.07, 6.45) is 4.98. The van der Waals surface area contributed by atoms with Crippen LogP contribution in [0.1, 0.15) is 18.4 Å². The Morgan fingerprint density at radius 2 is 2.09 bits per heavy atom. The molecule has 1 aromatic carbocycles. The molecule has 0 radical (unpaired) electrons. The average Bonchev–Trinajstić information content (AvgIpc) is 3.07. The third-order valence-corrected chi connectivity index (χ3v) is 4.72. The van der Waals surface area contributed by atoms with Crippen LogP contribution in [-0.4, -0.2) is 28.8 Å². The monoisotopic (exact) mass is 354 g/mol. The van der Waals surface area contributed by atoms with E-state index in [0.717, 1.165) is 24.3 Å². The van der Waals surface area contributed by atoms with E-state index in [-0.39, 0.29) is 18.3 Å². The zero-order valence-corrected chi connectivity index (χ0v) is 14.5. The number of hydrogen-bond donors (Lipinski definition) is 2. The maximum absolute atomic E-state index is 13.0. The summed E-state index contributed by atoms with van der Waals surface area (Å²) >= 11 is 6.14. The van der Waals surface area contributed by atoms with Crippen LogP contribution in [0.4, 0.5) is 5.69 Å². The maximum Gasteiger partial charge on any atom is 0.252 e. The largest absolute Gasteiger partial charge is 0.324 e. The van der Waals surface area contributed by atoms with Crippen LogP contribution in [0.2, 0.25) is 5.02 Å². The third-order valence-electron chi connectivity index (χ3n) is 4.31. The van der Waals surface area contributed by atoms with Crippen LogP contribution in [0.3, 0.4) is 0 Å². The van der Waals surface area contributed by atoms with Gasteiger partial charge < -0.3 is 10.6 Å². The van der Waals surface area contributed by atoms with Crippen LogP contribution in [-0.2, 0) is 10.3 Å². The molecule has 1 aliphatic rings. The second kappa shape index (κ2) is 7.34. The predicted octanol–water partition coefficient (Wildman–Crippen LogP) is 2.98. The maximum atomic E-state index is 13.0. The van der Waals surface area contributed by atoms with E-state index >= 15 is 0 Å². The number of halogens is 2. The van der Waals surface area contributed by atoms with Gasteiger partial charge in [0, 0.05) is 23.1 Å². The number of aromatic nitrogens is 2. The van der Waals surface area contributed by atoms with E-state index in [1.54, 1.807) is 10.9 Å². The number of nitrogens with zero attached hydrogens (tertiary/aromatic N) is 2. The van der Waals surface area contributed by atoms with Crippen LogP contribution in [0.15, 0.2) is 36.7 Å². The topological polar surface area (TPSA) is 59.0 Å². The number of piperidine rings is 1. The zero-order chi connectivity index (χ0) is 15.6. The Labute approximate surface area is 146 Å². The van der Waals surface area contributed by atoms with Crippen molar-refractivity contribution in [2.75, 3.05) is 18.4 Å². The first kappa shape index (κ1) is 17.8. The Kier molecular flexibility index (Phi) is 5.68. The van der Waals surface area contributed by atoms with Gasteiger partial charge in [-0.15, -0.1) is 12.4 Å². The van der Waals surface area contributed by atoms with Crippen LogP contribution in [0.5, 0.6) is 0 Å². The molecule has 1 fully saturated rings. The summed E-state index contributed by atoms with van der Waals surface area (Å²) in [7, 11) is 0. The molecule has 1 amide bonds. The van der Waals surface area contributed by atoms with Gasteiger partial charge >= 0.3 is 0 Å². The van der Waals surface area contributed by atoms with Gasteiger partial charge in [-0.2, -0.15) is 5.10 Å². The molecule has 2 aromatic rings. The highest BCUT2D eigenvalue weighted by Crippen LogP contribution is 2.30. The lowest BCUT2D eigenvalue weighted by Gasteiger charge is -2.36. The molecular formula is C16H20Cl2N4O. The Balaban J connectivity index is 0.00000192. The van der Waals surface area contributed by atoms with Crippen molar-refractivity contribution >= 4 is 35.6 Å². The van der Waals surface area contributed by atoms with E-state index in [1.807, 2.05) is 37.4 Å². The second-order valence-electron chi connectivity index (χ2n) is 5.60. The number of amides is 1. The summed E-state index contributed by atoms with van der Waals surface area (Å²) in [5.74, 6) is -0.0388. The van der Waals surface area contributed by atoms with Crippen molar-refractivity contribution < 1.29 is 4.79 Å². The Bertz CT molecular complexity index is 667. The highest BCUT2D eigenvalue weighted by Gasteiger charge is 2.42. The number of hydrogen-bond acceptors (Lipinski definition) is 3. The van der Waals surface area contributed by atoms with Crippen molar-refractivity contribution in [3.05, 3.63) is 47.2 Å². The third kappa shape index (κ3) is 3.37. The summed E-state index contributed by atoms with van der Waals surface area (Å²) in [6, 6.07) is 7.38. The first-order valence-corrected chi connectivity index (χ1v) is 7.79. The van der Waals surface area contributed by atoms with Crippen molar-refractivity contribution in [1.29, 1.82) is 0 Å². The second-order valence-corrected chi connectivity index (χ2v) is 6.01. The molecule has 124 valence electrons. The molecule has 0 saturated carbocycles. The summed E-state index contributed by atoms with van der Waals surface area (Å²) < 4.78 is 1.78. The Morgan fingerprint density at radius 3 is 2.74 bits per heavy atom. The first-order chi connectivity index (χ1) is 10.6. The van der Waals surface area contributed by atoms with E-state index in [4.69, 9.17) is 11.6 Å². The molecule has 1 saturated heterocycles. The van der Waals surface area contributed by atoms with Crippen LogP contribution in [0, 0.1) is 6.92 Å². The first-order valence-electron chi connectivity index (χ1n) is 7.41. The minimum absolute atomic E-state index is 0. The molecule has 3 rings (SSSR count). The Morgan fingerprint density at radius 1 is 1.35 bits per heavy atom. The molecular weight excluding hydrogens is 335 g/mol. The fourth-order valence-electron chi connectivity index (χ4n) is 2.90. The van der Waals surface area contributed by atoms with Gasteiger partial charge in [0.1, 0.15) is 5.54 Å². The summed E-state index contributed by atoms with van der Waals surface area (Å²) in [5.41, 5.74) is 0.980. The molecule has 5 nitrogen and oxygen atoms in total. The van der Waals surface area contributed by atoms with Gasteiger partial charge in [0.15, 0.2) is 0 Å². The molecule has 1 aromatic heterocycles. The number of carbonyl (C=O) groups excluding carboxylic acids is 1. The highest BCUT2D eigenvalue weighted by molar-refractivity contribution is 6.31. The van der Waals surface area contributed by atoms with Crippen LogP contribution >= 0.6 is 24.0 Å². The van der Waals surface area contributed by atoms with E-state index < -0.39 is 5.54 Å². The molecule has 0 spiro atoms. The van der Waals surface area contributed by atoms with Crippen LogP contribution < -0.4 is 10.6 Å². The minimum Gasteiger partial charge on any atom is -0.324 e. The summed E-state index contributed by atoms with van der Waals surface area (Å²) in [5, 5.41) is 11.3. The molecule has 2 N–H and O–H groups in total. The SMILES string of the molecule is Cc1c(Cl)cccc1NC(=O)C1(n2cccn2)CCNCC1.Cl. The lowest BCUT2D eigenvalue weighted by molar-refractivity contribution is -0.126. The molecule has 1 aliphatic heterocycles. The standard InChI is InChI=1S/C16H19ClN4O.ClH/c1-12-13(17)4-2-5-14(12)20-15(22)16(6-9-18-10-7-16)21-11-3-8-19-21;/h2-5,8,11,18H,6-7,9-10H2,1H3,(H,20,22);1H. The molecule has 2 heterocycles. The summed E-state index contributed by atoms with van der Waals surface area (Å²) in [4.78, 5) is 13.0. The van der Waals surface area contributed by atoms with Crippen molar-refractivity contribution in [1.82, 2.24) is 15.1 Å². The minimum atomic E-state index is -0.649. The van der Waals surface area contributed by atoms with E-state index in [2.05, 4.69) is 15.7 Å². The van der Waals surface area contributed by atoms with Gasteiger partial charge in [-0.3, -0.25) is 9.48 Å². The molecule has 7 heteroatoms. The van der Waals surface area contributed by atoms with Crippen molar-refractivity contribution in [2.45, 2.75) is 25.3 Å². The molecule has 23 heavy (non-hydrogen) atoms. The van der Waals surface area contributed by atoms with E-state index in [9.17, 15) is 4.79 Å². The molecule has 0 bridgehead atoms. The molecule has 0 atom stereocenters. The van der Waals surface area contributed by atoms with Gasteiger partial charge in [-0.1, -0.05) is 17.7 Å². The van der Waals surface area contributed by atoms with Crippen molar-refractivity contribution in [3.63, 3.8) is 0 Å². The predicted molar refractivity (Wildman–Crippen MR) is 94.4 cm³/mol. The summed E-state index contributed by atoms with van der Waals surface area (Å²) in [6.45, 7) is 3.49. The van der Waals surface area contributed by atoms with Gasteiger partial charge in [-0.25, -0.2) is 0 Å². The van der Waals surface area contributed by atoms with Gasteiger partial charge in [0.25, 0.3) is 5.91 Å².